The van der Waals surface area contributed by atoms with Crippen LogP contribution in [0.15, 0.2) is 29.2 Å². The summed E-state index contributed by atoms with van der Waals surface area (Å²) in [6, 6.07) is 7.27. The maximum Gasteiger partial charge on any atom is 1.00 e. The van der Waals surface area contributed by atoms with Gasteiger partial charge in [0.05, 0.1) is 0 Å². The molecule has 0 fully saturated rings. The Balaban J connectivity index is 0.00000225. The van der Waals surface area contributed by atoms with Crippen LogP contribution in [-0.4, -0.2) is 12.6 Å². The number of thioether (sulfide) groups is 1. The minimum Gasteiger partial charge on any atom is -0.448 e. The molecule has 1 rings (SSSR count). The van der Waals surface area contributed by atoms with Crippen molar-refractivity contribution in [2.24, 2.45) is 0 Å². The van der Waals surface area contributed by atoms with E-state index < -0.39 is 12.6 Å². The first-order valence-electron chi connectivity index (χ1n) is 4.82. The first kappa shape index (κ1) is 17.1. The molecule has 0 saturated carbocycles. The summed E-state index contributed by atoms with van der Waals surface area (Å²) in [4.78, 5) is 0.679. The third kappa shape index (κ3) is 6.71. The van der Waals surface area contributed by atoms with Crippen LogP contribution in [0.1, 0.15) is 25.3 Å². The fourth-order valence-electron chi connectivity index (χ4n) is 1.14. The summed E-state index contributed by atoms with van der Waals surface area (Å²) in [5.74, 6) is 0.413. The number of halogens is 3. The third-order valence-electron chi connectivity index (χ3n) is 1.99. The predicted octanol–water partition coefficient (Wildman–Crippen LogP) is 1.29. The van der Waals surface area contributed by atoms with E-state index in [1.54, 1.807) is 12.1 Å². The van der Waals surface area contributed by atoms with Crippen molar-refractivity contribution in [3.63, 3.8) is 0 Å². The molecule has 6 heteroatoms. The van der Waals surface area contributed by atoms with Crippen LogP contribution < -0.4 is 51.4 Å². The Morgan fingerprint density at radius 1 is 1.12 bits per heavy atom. The second-order valence-electron chi connectivity index (χ2n) is 3.75. The molecule has 0 aliphatic rings. The van der Waals surface area contributed by atoms with E-state index in [1.807, 2.05) is 12.1 Å². The van der Waals surface area contributed by atoms with Crippen molar-refractivity contribution in [2.45, 2.75) is 24.7 Å². The van der Waals surface area contributed by atoms with Crippen LogP contribution in [-0.2, 0) is 0 Å². The molecule has 0 aromatic heterocycles. The van der Waals surface area contributed by atoms with Crippen LogP contribution in [0, 0.1) is 0 Å². The molecule has 0 N–H and O–H groups in total. The third-order valence-corrected chi connectivity index (χ3v) is 3.14. The van der Waals surface area contributed by atoms with Gasteiger partial charge >= 0.3 is 58.4 Å². The molecule has 0 radical (unpaired) electrons. The molecule has 0 unspecified atom stereocenters. The van der Waals surface area contributed by atoms with Gasteiger partial charge in [-0.15, -0.1) is 0 Å². The Hall–Kier alpha value is 1.06. The van der Waals surface area contributed by atoms with E-state index >= 15 is 0 Å². The maximum atomic E-state index is 12.0. The Kier molecular flexibility index (Phi) is 7.98. The molecule has 0 atom stereocenters. The number of hydrogen-bond acceptors (Lipinski definition) is 1. The van der Waals surface area contributed by atoms with Crippen LogP contribution in [0.4, 0.5) is 12.9 Å². The van der Waals surface area contributed by atoms with Crippen LogP contribution in [0.5, 0.6) is 0 Å². The predicted molar refractivity (Wildman–Crippen MR) is 60.3 cm³/mol. The second kappa shape index (κ2) is 7.49. The van der Waals surface area contributed by atoms with Gasteiger partial charge in [0, 0.05) is 4.90 Å². The molecule has 84 valence electrons. The molecule has 0 nitrogen and oxygen atoms in total. The van der Waals surface area contributed by atoms with E-state index in [4.69, 9.17) is 0 Å². The van der Waals surface area contributed by atoms with E-state index in [2.05, 4.69) is 13.8 Å². The van der Waals surface area contributed by atoms with Gasteiger partial charge in [0.15, 0.2) is 0 Å². The zero-order valence-corrected chi connectivity index (χ0v) is 13.7. The first-order valence-corrected chi connectivity index (χ1v) is 5.81. The van der Waals surface area contributed by atoms with Crippen molar-refractivity contribution in [1.29, 1.82) is 0 Å². The summed E-state index contributed by atoms with van der Waals surface area (Å²) in [5.41, 5.74) is 0.387. The van der Waals surface area contributed by atoms with Crippen molar-refractivity contribution in [3.05, 3.63) is 29.8 Å². The number of rotatable bonds is 4. The molecule has 0 aliphatic carbocycles. The van der Waals surface area contributed by atoms with Crippen molar-refractivity contribution in [1.82, 2.24) is 0 Å². The summed E-state index contributed by atoms with van der Waals surface area (Å²) in [5, 5.41) is 0. The summed E-state index contributed by atoms with van der Waals surface area (Å²) in [6.07, 6.45) is 0. The first-order chi connectivity index (χ1) is 6.88. The van der Waals surface area contributed by atoms with Crippen molar-refractivity contribution in [3.8, 4) is 0 Å². The maximum absolute atomic E-state index is 12.0. The fourth-order valence-corrected chi connectivity index (χ4v) is 1.85. The van der Waals surface area contributed by atoms with Crippen LogP contribution in [0.3, 0.4) is 0 Å². The Morgan fingerprint density at radius 2 is 1.62 bits per heavy atom. The molecule has 0 bridgehead atoms. The topological polar surface area (TPSA) is 0 Å². The van der Waals surface area contributed by atoms with E-state index in [9.17, 15) is 12.9 Å². The van der Waals surface area contributed by atoms with Crippen LogP contribution >= 0.6 is 11.8 Å². The van der Waals surface area contributed by atoms with Gasteiger partial charge in [-0.2, -0.15) is 11.8 Å². The molecule has 1 aromatic rings. The monoisotopic (exact) mass is 272 g/mol. The molecule has 1 aromatic carbocycles. The van der Waals surface area contributed by atoms with E-state index in [0.29, 0.717) is 10.8 Å². The number of hydrogen-bond donors (Lipinski definition) is 0. The zero-order valence-electron chi connectivity index (χ0n) is 9.71. The smallest absolute Gasteiger partial charge is 0.448 e. The van der Waals surface area contributed by atoms with Gasteiger partial charge in [-0.1, -0.05) is 26.0 Å². The van der Waals surface area contributed by atoms with Crippen LogP contribution in [0.2, 0.25) is 0 Å². The van der Waals surface area contributed by atoms with Gasteiger partial charge in [-0.3, -0.25) is 0 Å². The molecular weight excluding hydrogens is 259 g/mol. The number of benzene rings is 1. The molecule has 0 spiro atoms. The van der Waals surface area contributed by atoms with Crippen molar-refractivity contribution < 1.29 is 64.3 Å². The van der Waals surface area contributed by atoms with Gasteiger partial charge in [-0.25, -0.2) is 0 Å². The molecular formula is C10H13BF3KS. The average Bonchev–Trinajstić information content (AvgIpc) is 2.14. The van der Waals surface area contributed by atoms with Gasteiger partial charge in [0.25, 0.3) is 0 Å². The largest absolute Gasteiger partial charge is 1.00 e. The minimum absolute atomic E-state index is 0. The van der Waals surface area contributed by atoms with Crippen molar-refractivity contribution >= 4 is 18.7 Å². The SMILES string of the molecule is CC(C)c1ccc(SC[B-](F)(F)F)cc1.[K+]. The fraction of sp³-hybridized carbons (Fsp3) is 0.400. The quantitative estimate of drug-likeness (QED) is 0.588. The molecule has 0 heterocycles. The zero-order chi connectivity index (χ0) is 11.5. The molecule has 0 amide bonds. The Morgan fingerprint density at radius 3 is 2.00 bits per heavy atom. The molecule has 16 heavy (non-hydrogen) atoms. The summed E-state index contributed by atoms with van der Waals surface area (Å²) in [6.45, 7) is -0.575. The normalized spacial score (nSPS) is 11.4. The molecule has 0 saturated heterocycles. The Bertz CT molecular complexity index is 311. The van der Waals surface area contributed by atoms with Gasteiger partial charge in [0.2, 0.25) is 0 Å². The van der Waals surface area contributed by atoms with E-state index in [1.165, 1.54) is 0 Å². The Labute approximate surface area is 141 Å². The summed E-state index contributed by atoms with van der Waals surface area (Å²) >= 11 is 0.851. The van der Waals surface area contributed by atoms with Crippen LogP contribution in [0.25, 0.3) is 0 Å². The average molecular weight is 272 g/mol. The van der Waals surface area contributed by atoms with Gasteiger partial charge < -0.3 is 12.9 Å². The summed E-state index contributed by atoms with van der Waals surface area (Å²) in [7, 11) is 0. The second-order valence-corrected chi connectivity index (χ2v) is 4.84. The van der Waals surface area contributed by atoms with Crippen molar-refractivity contribution in [2.75, 3.05) is 5.65 Å². The van der Waals surface area contributed by atoms with Gasteiger partial charge in [-0.05, 0) is 29.3 Å². The standard InChI is InChI=1S/C10H13BF3S.K/c1-8(2)9-3-5-10(6-4-9)15-7-11(12,13)14;/h3-6,8H,7H2,1-2H3;/q-1;+1. The van der Waals surface area contributed by atoms with E-state index in [-0.39, 0.29) is 51.4 Å². The summed E-state index contributed by atoms with van der Waals surface area (Å²) < 4.78 is 36.0. The molecule has 0 aliphatic heterocycles. The van der Waals surface area contributed by atoms with E-state index in [0.717, 1.165) is 17.3 Å². The van der Waals surface area contributed by atoms with Gasteiger partial charge in [0.1, 0.15) is 0 Å². The minimum atomic E-state index is -4.69.